The zero-order valence-corrected chi connectivity index (χ0v) is 11.8. The van der Waals surface area contributed by atoms with Crippen LogP contribution in [0, 0.1) is 6.92 Å². The number of primary sulfonamides is 1. The van der Waals surface area contributed by atoms with Gasteiger partial charge in [0.15, 0.2) is 0 Å². The van der Waals surface area contributed by atoms with Crippen LogP contribution in [0.2, 0.25) is 0 Å². The molecule has 0 bridgehead atoms. The SMILES string of the molecule is Cc1cc(C(=O)NCCS(N)(=O)=O)c2ccccc2n1. The fourth-order valence-electron chi connectivity index (χ4n) is 1.90. The van der Waals surface area contributed by atoms with Crippen molar-refractivity contribution in [3.8, 4) is 0 Å². The highest BCUT2D eigenvalue weighted by Gasteiger charge is 2.12. The van der Waals surface area contributed by atoms with E-state index in [9.17, 15) is 13.2 Å². The minimum Gasteiger partial charge on any atom is -0.351 e. The van der Waals surface area contributed by atoms with Gasteiger partial charge in [-0.25, -0.2) is 13.6 Å². The van der Waals surface area contributed by atoms with E-state index in [-0.39, 0.29) is 18.2 Å². The Hall–Kier alpha value is -1.99. The largest absolute Gasteiger partial charge is 0.351 e. The summed E-state index contributed by atoms with van der Waals surface area (Å²) in [6.07, 6.45) is 0. The van der Waals surface area contributed by atoms with E-state index in [4.69, 9.17) is 5.14 Å². The maximum absolute atomic E-state index is 12.1. The molecule has 0 radical (unpaired) electrons. The van der Waals surface area contributed by atoms with E-state index in [1.165, 1.54) is 0 Å². The lowest BCUT2D eigenvalue weighted by atomic mass is 10.1. The van der Waals surface area contributed by atoms with Crippen molar-refractivity contribution in [3.05, 3.63) is 41.6 Å². The standard InChI is InChI=1S/C13H15N3O3S/c1-9-8-11(10-4-2-3-5-12(10)16-9)13(17)15-6-7-20(14,18)19/h2-5,8H,6-7H2,1H3,(H,15,17)(H2,14,18,19). The molecule has 106 valence electrons. The van der Waals surface area contributed by atoms with Gasteiger partial charge in [-0.05, 0) is 19.1 Å². The molecule has 0 unspecified atom stereocenters. The molecule has 2 rings (SSSR count). The number of aromatic nitrogens is 1. The summed E-state index contributed by atoms with van der Waals surface area (Å²) in [7, 11) is -3.58. The van der Waals surface area contributed by atoms with E-state index in [1.807, 2.05) is 18.2 Å². The second kappa shape index (κ2) is 5.56. The number of sulfonamides is 1. The predicted molar refractivity (Wildman–Crippen MR) is 76.8 cm³/mol. The lowest BCUT2D eigenvalue weighted by molar-refractivity contribution is 0.0957. The van der Waals surface area contributed by atoms with Crippen LogP contribution >= 0.6 is 0 Å². The molecular formula is C13H15N3O3S. The Labute approximate surface area is 117 Å². The van der Waals surface area contributed by atoms with E-state index in [2.05, 4.69) is 10.3 Å². The first-order valence-electron chi connectivity index (χ1n) is 6.02. The average molecular weight is 293 g/mol. The van der Waals surface area contributed by atoms with E-state index in [1.54, 1.807) is 19.1 Å². The molecule has 3 N–H and O–H groups in total. The summed E-state index contributed by atoms with van der Waals surface area (Å²) in [5.74, 6) is -0.629. The molecule has 1 heterocycles. The van der Waals surface area contributed by atoms with E-state index in [0.29, 0.717) is 5.56 Å². The molecule has 0 fully saturated rings. The topological polar surface area (TPSA) is 102 Å². The Morgan fingerprint density at radius 3 is 2.75 bits per heavy atom. The molecule has 20 heavy (non-hydrogen) atoms. The van der Waals surface area contributed by atoms with Gasteiger partial charge in [0.05, 0.1) is 16.8 Å². The van der Waals surface area contributed by atoms with Crippen molar-refractivity contribution in [3.63, 3.8) is 0 Å². The van der Waals surface area contributed by atoms with Crippen LogP contribution in [0.15, 0.2) is 30.3 Å². The summed E-state index contributed by atoms with van der Waals surface area (Å²) in [5.41, 5.74) is 1.92. The number of nitrogens with one attached hydrogen (secondary N) is 1. The maximum Gasteiger partial charge on any atom is 0.252 e. The summed E-state index contributed by atoms with van der Waals surface area (Å²) in [6, 6.07) is 8.96. The second-order valence-corrected chi connectivity index (χ2v) is 6.19. The summed E-state index contributed by atoms with van der Waals surface area (Å²) in [5, 5.41) is 8.16. The number of aryl methyl sites for hydroxylation is 1. The molecule has 0 aliphatic rings. The summed E-state index contributed by atoms with van der Waals surface area (Å²) >= 11 is 0. The quantitative estimate of drug-likeness (QED) is 0.859. The van der Waals surface area contributed by atoms with Gasteiger partial charge < -0.3 is 5.32 Å². The predicted octanol–water partition coefficient (Wildman–Crippen LogP) is 0.562. The van der Waals surface area contributed by atoms with Crippen LogP contribution in [0.5, 0.6) is 0 Å². The molecule has 0 aliphatic heterocycles. The van der Waals surface area contributed by atoms with Crippen LogP contribution in [0.25, 0.3) is 10.9 Å². The van der Waals surface area contributed by atoms with Gasteiger partial charge in [0, 0.05) is 17.6 Å². The van der Waals surface area contributed by atoms with Gasteiger partial charge in [-0.2, -0.15) is 0 Å². The van der Waals surface area contributed by atoms with E-state index in [0.717, 1.165) is 16.6 Å². The van der Waals surface area contributed by atoms with Crippen LogP contribution in [-0.2, 0) is 10.0 Å². The normalized spacial score (nSPS) is 11.5. The lowest BCUT2D eigenvalue weighted by Crippen LogP contribution is -2.31. The number of hydrogen-bond acceptors (Lipinski definition) is 4. The summed E-state index contributed by atoms with van der Waals surface area (Å²) < 4.78 is 21.7. The number of para-hydroxylation sites is 1. The molecule has 1 aromatic heterocycles. The fourth-order valence-corrected chi connectivity index (χ4v) is 2.28. The highest BCUT2D eigenvalue weighted by Crippen LogP contribution is 2.17. The minimum absolute atomic E-state index is 0.0205. The molecule has 0 spiro atoms. The van der Waals surface area contributed by atoms with Crippen LogP contribution in [0.3, 0.4) is 0 Å². The van der Waals surface area contributed by atoms with Gasteiger partial charge in [0.2, 0.25) is 10.0 Å². The smallest absolute Gasteiger partial charge is 0.252 e. The third-order valence-corrected chi connectivity index (χ3v) is 3.53. The first-order valence-corrected chi connectivity index (χ1v) is 7.73. The number of amides is 1. The van der Waals surface area contributed by atoms with Gasteiger partial charge in [-0.15, -0.1) is 0 Å². The number of benzene rings is 1. The van der Waals surface area contributed by atoms with Gasteiger partial charge >= 0.3 is 0 Å². The number of fused-ring (bicyclic) bond motifs is 1. The number of rotatable bonds is 4. The number of carbonyl (C=O) groups is 1. The monoisotopic (exact) mass is 293 g/mol. The Balaban J connectivity index is 2.26. The molecule has 0 saturated heterocycles. The average Bonchev–Trinajstić information content (AvgIpc) is 2.36. The van der Waals surface area contributed by atoms with Gasteiger partial charge in [-0.1, -0.05) is 18.2 Å². The first-order chi connectivity index (χ1) is 9.37. The molecule has 0 atom stereocenters. The molecular weight excluding hydrogens is 278 g/mol. The molecule has 7 heteroatoms. The lowest BCUT2D eigenvalue weighted by Gasteiger charge is -2.08. The van der Waals surface area contributed by atoms with Crippen molar-refractivity contribution in [2.45, 2.75) is 6.92 Å². The van der Waals surface area contributed by atoms with E-state index < -0.39 is 10.0 Å². The van der Waals surface area contributed by atoms with Crippen molar-refractivity contribution in [1.82, 2.24) is 10.3 Å². The maximum atomic E-state index is 12.1. The molecule has 0 saturated carbocycles. The van der Waals surface area contributed by atoms with Gasteiger partial charge in [-0.3, -0.25) is 9.78 Å². The zero-order valence-electron chi connectivity index (χ0n) is 11.0. The molecule has 1 amide bonds. The number of hydrogen-bond donors (Lipinski definition) is 2. The highest BCUT2D eigenvalue weighted by molar-refractivity contribution is 7.89. The minimum atomic E-state index is -3.58. The van der Waals surface area contributed by atoms with Crippen LogP contribution < -0.4 is 10.5 Å². The zero-order chi connectivity index (χ0) is 14.8. The molecule has 6 nitrogen and oxygen atoms in total. The van der Waals surface area contributed by atoms with Gasteiger partial charge in [0.25, 0.3) is 5.91 Å². The molecule has 2 aromatic rings. The molecule has 0 aliphatic carbocycles. The number of nitrogens with zero attached hydrogens (tertiary/aromatic N) is 1. The number of carbonyl (C=O) groups excluding carboxylic acids is 1. The molecule has 1 aromatic carbocycles. The van der Waals surface area contributed by atoms with Crippen molar-refractivity contribution in [2.24, 2.45) is 5.14 Å². The Morgan fingerprint density at radius 2 is 2.05 bits per heavy atom. The number of nitrogens with two attached hydrogens (primary N) is 1. The second-order valence-electron chi connectivity index (χ2n) is 4.45. The van der Waals surface area contributed by atoms with Crippen LogP contribution in [0.1, 0.15) is 16.1 Å². The van der Waals surface area contributed by atoms with Crippen molar-refractivity contribution in [2.75, 3.05) is 12.3 Å². The number of pyridine rings is 1. The third-order valence-electron chi connectivity index (χ3n) is 2.76. The van der Waals surface area contributed by atoms with Gasteiger partial charge in [0.1, 0.15) is 0 Å². The highest BCUT2D eigenvalue weighted by atomic mass is 32.2. The summed E-state index contributed by atoms with van der Waals surface area (Å²) in [6.45, 7) is 1.78. The first kappa shape index (κ1) is 14.4. The van der Waals surface area contributed by atoms with Crippen molar-refractivity contribution in [1.29, 1.82) is 0 Å². The third kappa shape index (κ3) is 3.52. The Morgan fingerprint density at radius 1 is 1.35 bits per heavy atom. The van der Waals surface area contributed by atoms with Crippen LogP contribution in [-0.4, -0.2) is 31.6 Å². The van der Waals surface area contributed by atoms with Crippen molar-refractivity contribution >= 4 is 26.8 Å². The van der Waals surface area contributed by atoms with Crippen LogP contribution in [0.4, 0.5) is 0 Å². The Kier molecular flexibility index (Phi) is 4.01. The van der Waals surface area contributed by atoms with Crippen molar-refractivity contribution < 1.29 is 13.2 Å². The summed E-state index contributed by atoms with van der Waals surface area (Å²) in [4.78, 5) is 16.5. The fraction of sp³-hybridized carbons (Fsp3) is 0.231. The van der Waals surface area contributed by atoms with E-state index >= 15 is 0 Å². The Bertz CT molecular complexity index is 757.